The van der Waals surface area contributed by atoms with Crippen molar-refractivity contribution < 1.29 is 23.9 Å². The summed E-state index contributed by atoms with van der Waals surface area (Å²) in [6.45, 7) is 7.37. The van der Waals surface area contributed by atoms with Gasteiger partial charge in [0.15, 0.2) is 11.9 Å². The molecular formula is C19H25NO5. The molecule has 1 atom stereocenters. The minimum Gasteiger partial charge on any atom is -0.478 e. The van der Waals surface area contributed by atoms with Crippen LogP contribution in [-0.4, -0.2) is 36.9 Å². The van der Waals surface area contributed by atoms with Crippen LogP contribution < -0.4 is 9.64 Å². The number of ether oxygens (including phenoxy) is 2. The second-order valence-electron chi connectivity index (χ2n) is 6.52. The van der Waals surface area contributed by atoms with Gasteiger partial charge in [0.05, 0.1) is 12.3 Å². The highest BCUT2D eigenvalue weighted by molar-refractivity contribution is 6.05. The Labute approximate surface area is 148 Å². The molecule has 1 aliphatic rings. The molecule has 136 valence electrons. The van der Waals surface area contributed by atoms with Gasteiger partial charge in [-0.05, 0) is 37.5 Å². The Morgan fingerprint density at radius 2 is 2.04 bits per heavy atom. The molecule has 1 aliphatic heterocycles. The zero-order valence-electron chi connectivity index (χ0n) is 15.2. The Morgan fingerprint density at radius 1 is 1.32 bits per heavy atom. The number of benzene rings is 1. The number of hydrogen-bond acceptors (Lipinski definition) is 5. The molecule has 1 aromatic carbocycles. The summed E-state index contributed by atoms with van der Waals surface area (Å²) in [5, 5.41) is 0. The maximum atomic E-state index is 12.8. The molecule has 0 fully saturated rings. The summed E-state index contributed by atoms with van der Waals surface area (Å²) in [5.74, 6) is -0.441. The lowest BCUT2D eigenvalue weighted by atomic mass is 10.0. The molecule has 1 amide bonds. The van der Waals surface area contributed by atoms with Crippen molar-refractivity contribution in [3.05, 3.63) is 23.8 Å². The molecule has 0 saturated carbocycles. The lowest BCUT2D eigenvalue weighted by Crippen LogP contribution is -2.50. The summed E-state index contributed by atoms with van der Waals surface area (Å²) in [6, 6.07) is 4.92. The molecule has 0 N–H and O–H groups in total. The number of rotatable bonds is 7. The SMILES string of the molecule is CCCCOC(=O)CN1C(=O)C(C(C)C)Oc2ccc(C(C)=O)cc21. The van der Waals surface area contributed by atoms with Crippen molar-refractivity contribution in [2.75, 3.05) is 18.1 Å². The van der Waals surface area contributed by atoms with Gasteiger partial charge in [0.2, 0.25) is 0 Å². The second kappa shape index (κ2) is 8.14. The second-order valence-corrected chi connectivity index (χ2v) is 6.52. The number of ketones is 1. The van der Waals surface area contributed by atoms with Crippen molar-refractivity contribution in [2.24, 2.45) is 5.92 Å². The standard InChI is InChI=1S/C19H25NO5/c1-5-6-9-24-17(22)11-20-15-10-14(13(4)21)7-8-16(15)25-18(12(2)3)19(20)23/h7-8,10,12,18H,5-6,9,11H2,1-4H3. The highest BCUT2D eigenvalue weighted by Crippen LogP contribution is 2.36. The molecule has 0 aromatic heterocycles. The summed E-state index contributed by atoms with van der Waals surface area (Å²) in [5.41, 5.74) is 0.893. The van der Waals surface area contributed by atoms with Crippen LogP contribution in [0.2, 0.25) is 0 Å². The Hall–Kier alpha value is -2.37. The van der Waals surface area contributed by atoms with E-state index in [2.05, 4.69) is 0 Å². The van der Waals surface area contributed by atoms with Gasteiger partial charge in [-0.3, -0.25) is 19.3 Å². The molecule has 1 heterocycles. The van der Waals surface area contributed by atoms with Gasteiger partial charge in [-0.15, -0.1) is 0 Å². The number of anilines is 1. The van der Waals surface area contributed by atoms with Gasteiger partial charge < -0.3 is 9.47 Å². The summed E-state index contributed by atoms with van der Waals surface area (Å²) in [7, 11) is 0. The summed E-state index contributed by atoms with van der Waals surface area (Å²) in [6.07, 6.45) is 1.03. The van der Waals surface area contributed by atoms with E-state index in [0.717, 1.165) is 12.8 Å². The molecule has 0 spiro atoms. The number of hydrogen-bond donors (Lipinski definition) is 0. The van der Waals surface area contributed by atoms with Crippen molar-refractivity contribution in [3.63, 3.8) is 0 Å². The first-order valence-corrected chi connectivity index (χ1v) is 8.63. The fourth-order valence-electron chi connectivity index (χ4n) is 2.60. The van der Waals surface area contributed by atoms with Crippen LogP contribution >= 0.6 is 0 Å². The third-order valence-corrected chi connectivity index (χ3v) is 4.07. The minimum absolute atomic E-state index is 0.0493. The van der Waals surface area contributed by atoms with Crippen molar-refractivity contribution in [3.8, 4) is 5.75 Å². The van der Waals surface area contributed by atoms with Gasteiger partial charge >= 0.3 is 5.97 Å². The predicted molar refractivity (Wildman–Crippen MR) is 93.9 cm³/mol. The van der Waals surface area contributed by atoms with E-state index in [0.29, 0.717) is 23.6 Å². The van der Waals surface area contributed by atoms with E-state index >= 15 is 0 Å². The number of carbonyl (C=O) groups excluding carboxylic acids is 3. The van der Waals surface area contributed by atoms with E-state index in [1.54, 1.807) is 18.2 Å². The van der Waals surface area contributed by atoms with Crippen molar-refractivity contribution in [1.82, 2.24) is 0 Å². The molecule has 0 aliphatic carbocycles. The number of nitrogens with zero attached hydrogens (tertiary/aromatic N) is 1. The number of fused-ring (bicyclic) bond motifs is 1. The Morgan fingerprint density at radius 3 is 2.64 bits per heavy atom. The fourth-order valence-corrected chi connectivity index (χ4v) is 2.60. The Kier molecular flexibility index (Phi) is 6.17. The zero-order valence-corrected chi connectivity index (χ0v) is 15.2. The molecular weight excluding hydrogens is 322 g/mol. The van der Waals surface area contributed by atoms with Gasteiger partial charge in [0.25, 0.3) is 5.91 Å². The first-order valence-electron chi connectivity index (χ1n) is 8.63. The quantitative estimate of drug-likeness (QED) is 0.431. The van der Waals surface area contributed by atoms with E-state index in [1.807, 2.05) is 20.8 Å². The van der Waals surface area contributed by atoms with Crippen LogP contribution in [-0.2, 0) is 14.3 Å². The van der Waals surface area contributed by atoms with E-state index < -0.39 is 12.1 Å². The number of amides is 1. The Balaban J connectivity index is 2.31. The van der Waals surface area contributed by atoms with Crippen LogP contribution in [0.25, 0.3) is 0 Å². The van der Waals surface area contributed by atoms with Crippen LogP contribution in [0.4, 0.5) is 5.69 Å². The number of esters is 1. The maximum Gasteiger partial charge on any atom is 0.326 e. The topological polar surface area (TPSA) is 72.9 Å². The predicted octanol–water partition coefficient (Wildman–Crippen LogP) is 2.98. The molecule has 6 nitrogen and oxygen atoms in total. The zero-order chi connectivity index (χ0) is 18.6. The fraction of sp³-hybridized carbons (Fsp3) is 0.526. The first-order chi connectivity index (χ1) is 11.8. The average Bonchev–Trinajstić information content (AvgIpc) is 2.56. The highest BCUT2D eigenvalue weighted by atomic mass is 16.5. The van der Waals surface area contributed by atoms with E-state index in [1.165, 1.54) is 11.8 Å². The first kappa shape index (κ1) is 19.0. The smallest absolute Gasteiger partial charge is 0.326 e. The molecule has 0 bridgehead atoms. The van der Waals surface area contributed by atoms with Gasteiger partial charge in [0.1, 0.15) is 12.3 Å². The van der Waals surface area contributed by atoms with Crippen molar-refractivity contribution in [2.45, 2.75) is 46.6 Å². The highest BCUT2D eigenvalue weighted by Gasteiger charge is 2.37. The van der Waals surface area contributed by atoms with Crippen LogP contribution in [0.15, 0.2) is 18.2 Å². The van der Waals surface area contributed by atoms with Crippen molar-refractivity contribution in [1.29, 1.82) is 0 Å². The molecule has 6 heteroatoms. The number of carbonyl (C=O) groups is 3. The number of unbranched alkanes of at least 4 members (excludes halogenated alkanes) is 1. The molecule has 0 radical (unpaired) electrons. The van der Waals surface area contributed by atoms with E-state index in [9.17, 15) is 14.4 Å². The van der Waals surface area contributed by atoms with Gasteiger partial charge in [-0.1, -0.05) is 27.2 Å². The molecule has 25 heavy (non-hydrogen) atoms. The van der Waals surface area contributed by atoms with Gasteiger partial charge in [0, 0.05) is 5.56 Å². The Bertz CT molecular complexity index is 668. The minimum atomic E-state index is -0.667. The summed E-state index contributed by atoms with van der Waals surface area (Å²) < 4.78 is 11.0. The number of Topliss-reactive ketones (excluding diaryl/α,β-unsaturated/α-hetero) is 1. The molecule has 0 saturated heterocycles. The van der Waals surface area contributed by atoms with E-state index in [4.69, 9.17) is 9.47 Å². The summed E-state index contributed by atoms with van der Waals surface area (Å²) >= 11 is 0. The van der Waals surface area contributed by atoms with Crippen LogP contribution in [0.5, 0.6) is 5.75 Å². The lowest BCUT2D eigenvalue weighted by molar-refractivity contribution is -0.143. The monoisotopic (exact) mass is 347 g/mol. The van der Waals surface area contributed by atoms with Gasteiger partial charge in [-0.2, -0.15) is 0 Å². The summed E-state index contributed by atoms with van der Waals surface area (Å²) in [4.78, 5) is 37.9. The third-order valence-electron chi connectivity index (χ3n) is 4.07. The third kappa shape index (κ3) is 4.38. The maximum absolute atomic E-state index is 12.8. The average molecular weight is 347 g/mol. The lowest BCUT2D eigenvalue weighted by Gasteiger charge is -2.35. The van der Waals surface area contributed by atoms with Crippen LogP contribution in [0.1, 0.15) is 50.9 Å². The molecule has 1 unspecified atom stereocenters. The van der Waals surface area contributed by atoms with Crippen LogP contribution in [0.3, 0.4) is 0 Å². The van der Waals surface area contributed by atoms with E-state index in [-0.39, 0.29) is 24.2 Å². The molecule has 1 aromatic rings. The van der Waals surface area contributed by atoms with Crippen LogP contribution in [0, 0.1) is 5.92 Å². The largest absolute Gasteiger partial charge is 0.478 e. The molecule has 2 rings (SSSR count). The van der Waals surface area contributed by atoms with Gasteiger partial charge in [-0.25, -0.2) is 0 Å². The normalized spacial score (nSPS) is 16.4. The van der Waals surface area contributed by atoms with Crippen molar-refractivity contribution >= 4 is 23.3 Å².